The van der Waals surface area contributed by atoms with Crippen molar-refractivity contribution < 1.29 is 4.74 Å². The normalized spacial score (nSPS) is 9.38. The first-order valence-electron chi connectivity index (χ1n) is 3.89. The summed E-state index contributed by atoms with van der Waals surface area (Å²) in [5.41, 5.74) is 1.98. The Bertz CT molecular complexity index is 355. The lowest BCUT2D eigenvalue weighted by atomic mass is 10.1. The van der Waals surface area contributed by atoms with Gasteiger partial charge in [0.1, 0.15) is 5.75 Å². The van der Waals surface area contributed by atoms with Crippen LogP contribution in [-0.4, -0.2) is 7.11 Å². The van der Waals surface area contributed by atoms with Crippen molar-refractivity contribution in [3.05, 3.63) is 28.3 Å². The highest BCUT2D eigenvalue weighted by molar-refractivity contribution is 6.32. The van der Waals surface area contributed by atoms with Crippen molar-refractivity contribution in [1.82, 2.24) is 0 Å². The van der Waals surface area contributed by atoms with Crippen molar-refractivity contribution in [2.75, 3.05) is 7.11 Å². The van der Waals surface area contributed by atoms with Crippen LogP contribution in [0.1, 0.15) is 11.1 Å². The molecule has 0 aromatic heterocycles. The highest BCUT2D eigenvalue weighted by atomic mass is 35.5. The molecule has 0 atom stereocenters. The summed E-state index contributed by atoms with van der Waals surface area (Å²) in [5.74, 6) is 0.623. The van der Waals surface area contributed by atoms with Gasteiger partial charge in [0.15, 0.2) is 0 Å². The van der Waals surface area contributed by atoms with Gasteiger partial charge in [-0.3, -0.25) is 0 Å². The first-order valence-corrected chi connectivity index (χ1v) is 4.26. The van der Waals surface area contributed by atoms with Crippen LogP contribution in [0.4, 0.5) is 0 Å². The van der Waals surface area contributed by atoms with Crippen LogP contribution in [0.5, 0.6) is 5.75 Å². The summed E-state index contributed by atoms with van der Waals surface area (Å²) in [6.07, 6.45) is 0.388. The van der Waals surface area contributed by atoms with E-state index >= 15 is 0 Å². The van der Waals surface area contributed by atoms with E-state index in [1.807, 2.05) is 13.0 Å². The molecule has 2 nitrogen and oxygen atoms in total. The standard InChI is InChI=1S/C10H10ClNO/c1-7-5-9(11)10(13-2)6-8(7)3-4-12/h5-6H,3H2,1-2H3. The number of benzene rings is 1. The highest BCUT2D eigenvalue weighted by Gasteiger charge is 2.05. The monoisotopic (exact) mass is 195 g/mol. The highest BCUT2D eigenvalue weighted by Crippen LogP contribution is 2.27. The average Bonchev–Trinajstić information content (AvgIpc) is 2.10. The van der Waals surface area contributed by atoms with Crippen LogP contribution >= 0.6 is 11.6 Å². The van der Waals surface area contributed by atoms with E-state index < -0.39 is 0 Å². The summed E-state index contributed by atoms with van der Waals surface area (Å²) < 4.78 is 5.05. The Hall–Kier alpha value is -1.20. The van der Waals surface area contributed by atoms with Crippen LogP contribution in [-0.2, 0) is 6.42 Å². The van der Waals surface area contributed by atoms with Crippen molar-refractivity contribution in [2.45, 2.75) is 13.3 Å². The molecule has 0 N–H and O–H groups in total. The molecule has 0 amide bonds. The van der Waals surface area contributed by atoms with Gasteiger partial charge in [-0.2, -0.15) is 5.26 Å². The molecule has 68 valence electrons. The lowest BCUT2D eigenvalue weighted by Crippen LogP contribution is -1.91. The van der Waals surface area contributed by atoms with E-state index in [4.69, 9.17) is 21.6 Å². The number of rotatable bonds is 2. The number of halogens is 1. The van der Waals surface area contributed by atoms with Crippen LogP contribution in [0.15, 0.2) is 12.1 Å². The number of nitrogens with zero attached hydrogens (tertiary/aromatic N) is 1. The minimum atomic E-state index is 0.388. The zero-order valence-corrected chi connectivity index (χ0v) is 8.35. The molecule has 1 rings (SSSR count). The summed E-state index contributed by atoms with van der Waals surface area (Å²) in [5, 5.41) is 9.14. The van der Waals surface area contributed by atoms with Gasteiger partial charge in [0, 0.05) is 0 Å². The molecule has 0 heterocycles. The van der Waals surface area contributed by atoms with Crippen molar-refractivity contribution in [3.63, 3.8) is 0 Å². The molecule has 0 fully saturated rings. The van der Waals surface area contributed by atoms with E-state index in [1.54, 1.807) is 13.2 Å². The van der Waals surface area contributed by atoms with Gasteiger partial charge >= 0.3 is 0 Å². The largest absolute Gasteiger partial charge is 0.495 e. The number of nitriles is 1. The van der Waals surface area contributed by atoms with Crippen LogP contribution in [0, 0.1) is 18.3 Å². The predicted molar refractivity (Wildman–Crippen MR) is 52.1 cm³/mol. The number of ether oxygens (including phenoxy) is 1. The third kappa shape index (κ3) is 2.13. The van der Waals surface area contributed by atoms with E-state index in [9.17, 15) is 0 Å². The molecule has 0 saturated heterocycles. The molecular formula is C10H10ClNO. The number of aryl methyl sites for hydroxylation is 1. The van der Waals surface area contributed by atoms with E-state index in [1.165, 1.54) is 0 Å². The van der Waals surface area contributed by atoms with Gasteiger partial charge in [-0.25, -0.2) is 0 Å². The lowest BCUT2D eigenvalue weighted by Gasteiger charge is -2.07. The first kappa shape index (κ1) is 9.88. The van der Waals surface area contributed by atoms with Crippen LogP contribution in [0.2, 0.25) is 5.02 Å². The molecule has 0 unspecified atom stereocenters. The van der Waals surface area contributed by atoms with E-state index in [-0.39, 0.29) is 0 Å². The van der Waals surface area contributed by atoms with Crippen LogP contribution in [0.25, 0.3) is 0 Å². The van der Waals surface area contributed by atoms with Crippen molar-refractivity contribution in [3.8, 4) is 11.8 Å². The van der Waals surface area contributed by atoms with Gasteiger partial charge in [0.05, 0.1) is 24.6 Å². The third-order valence-electron chi connectivity index (χ3n) is 1.88. The Morgan fingerprint density at radius 3 is 2.77 bits per heavy atom. The molecule has 0 aliphatic rings. The molecule has 0 spiro atoms. The average molecular weight is 196 g/mol. The number of methoxy groups -OCH3 is 1. The minimum Gasteiger partial charge on any atom is -0.495 e. The fourth-order valence-corrected chi connectivity index (χ4v) is 1.42. The Morgan fingerprint density at radius 1 is 1.54 bits per heavy atom. The quantitative estimate of drug-likeness (QED) is 0.727. The maximum Gasteiger partial charge on any atom is 0.137 e. The molecule has 13 heavy (non-hydrogen) atoms. The second-order valence-electron chi connectivity index (χ2n) is 2.75. The molecular weight excluding hydrogens is 186 g/mol. The Morgan fingerprint density at radius 2 is 2.23 bits per heavy atom. The fourth-order valence-electron chi connectivity index (χ4n) is 1.13. The lowest BCUT2D eigenvalue weighted by molar-refractivity contribution is 0.414. The third-order valence-corrected chi connectivity index (χ3v) is 2.18. The zero-order valence-electron chi connectivity index (χ0n) is 7.60. The topological polar surface area (TPSA) is 33.0 Å². The summed E-state index contributed by atoms with van der Waals surface area (Å²) >= 11 is 5.89. The maximum absolute atomic E-state index is 8.55. The van der Waals surface area contributed by atoms with Gasteiger partial charge in [-0.15, -0.1) is 0 Å². The molecule has 0 radical (unpaired) electrons. The van der Waals surface area contributed by atoms with E-state index in [2.05, 4.69) is 6.07 Å². The second kappa shape index (κ2) is 4.15. The Balaban J connectivity index is 3.16. The first-order chi connectivity index (χ1) is 6.19. The van der Waals surface area contributed by atoms with E-state index in [0.717, 1.165) is 11.1 Å². The smallest absolute Gasteiger partial charge is 0.137 e. The zero-order chi connectivity index (χ0) is 9.84. The molecule has 1 aromatic carbocycles. The fraction of sp³-hybridized carbons (Fsp3) is 0.300. The molecule has 1 aromatic rings. The second-order valence-corrected chi connectivity index (χ2v) is 3.16. The van der Waals surface area contributed by atoms with Crippen molar-refractivity contribution >= 4 is 11.6 Å². The SMILES string of the molecule is COc1cc(CC#N)c(C)cc1Cl. The van der Waals surface area contributed by atoms with Crippen LogP contribution < -0.4 is 4.74 Å². The molecule has 0 saturated carbocycles. The Labute approximate surface area is 82.7 Å². The summed E-state index contributed by atoms with van der Waals surface area (Å²) in [6, 6.07) is 5.72. The van der Waals surface area contributed by atoms with Gasteiger partial charge in [-0.05, 0) is 30.2 Å². The van der Waals surface area contributed by atoms with Crippen molar-refractivity contribution in [1.29, 1.82) is 5.26 Å². The van der Waals surface area contributed by atoms with E-state index in [0.29, 0.717) is 17.2 Å². The number of hydrogen-bond donors (Lipinski definition) is 0. The van der Waals surface area contributed by atoms with Gasteiger partial charge in [-0.1, -0.05) is 11.6 Å². The van der Waals surface area contributed by atoms with Crippen LogP contribution in [0.3, 0.4) is 0 Å². The van der Waals surface area contributed by atoms with Gasteiger partial charge in [0.2, 0.25) is 0 Å². The molecule has 3 heteroatoms. The predicted octanol–water partition coefficient (Wildman–Crippen LogP) is 2.72. The molecule has 0 aliphatic heterocycles. The maximum atomic E-state index is 8.55. The van der Waals surface area contributed by atoms with Gasteiger partial charge in [0.25, 0.3) is 0 Å². The molecule has 0 aliphatic carbocycles. The number of hydrogen-bond acceptors (Lipinski definition) is 2. The van der Waals surface area contributed by atoms with Gasteiger partial charge < -0.3 is 4.74 Å². The summed E-state index contributed by atoms with van der Waals surface area (Å²) in [6.45, 7) is 1.93. The minimum absolute atomic E-state index is 0.388. The molecule has 0 bridgehead atoms. The Kier molecular flexibility index (Phi) is 3.16. The summed E-state index contributed by atoms with van der Waals surface area (Å²) in [4.78, 5) is 0. The van der Waals surface area contributed by atoms with Crippen molar-refractivity contribution in [2.24, 2.45) is 0 Å². The summed E-state index contributed by atoms with van der Waals surface area (Å²) in [7, 11) is 1.56.